The summed E-state index contributed by atoms with van der Waals surface area (Å²) in [7, 11) is 0. The van der Waals surface area contributed by atoms with Crippen molar-refractivity contribution in [3.8, 4) is 11.4 Å². The van der Waals surface area contributed by atoms with E-state index in [1.807, 2.05) is 72.8 Å². The van der Waals surface area contributed by atoms with Crippen molar-refractivity contribution >= 4 is 38.4 Å². The predicted octanol–water partition coefficient (Wildman–Crippen LogP) is 6.44. The fourth-order valence-corrected chi connectivity index (χ4v) is 5.48. The van der Waals surface area contributed by atoms with Gasteiger partial charge in [0.25, 0.3) is 5.56 Å². The van der Waals surface area contributed by atoms with Gasteiger partial charge in [0.05, 0.1) is 27.6 Å². The third-order valence-electron chi connectivity index (χ3n) is 7.15. The highest BCUT2D eigenvalue weighted by atomic mass is 16.2. The Kier molecular flexibility index (Phi) is 4.83. The first-order chi connectivity index (χ1) is 18.2. The Balaban J connectivity index is 1.69. The summed E-state index contributed by atoms with van der Waals surface area (Å²) < 4.78 is 5.21. The molecule has 0 radical (unpaired) electrons. The summed E-state index contributed by atoms with van der Waals surface area (Å²) in [6.45, 7) is 0. The van der Waals surface area contributed by atoms with Gasteiger partial charge in [0.1, 0.15) is 0 Å². The van der Waals surface area contributed by atoms with Crippen LogP contribution in [0.4, 0.5) is 0 Å². The molecule has 0 fully saturated rings. The van der Waals surface area contributed by atoms with E-state index < -0.39 is 0 Å². The lowest BCUT2D eigenvalue weighted by Crippen LogP contribution is -2.38. The molecular weight excluding hydrogens is 458 g/mol. The minimum Gasteiger partial charge on any atom is -0.309 e. The standard InChI is InChI=1S/C32H23N3O2/c36-31-27-21-29-26(25-18-10-11-19-28(25)33(29)22-12-4-1-5-13-22)20-30(27)34(23-14-6-2-7-15-23)32(37)35(31)24-16-8-3-9-17-24/h1-6,8-14,16-21H,7,15H2. The Labute approximate surface area is 212 Å². The summed E-state index contributed by atoms with van der Waals surface area (Å²) in [6.07, 6.45) is 7.62. The molecule has 6 aromatic rings. The Bertz CT molecular complexity index is 2010. The van der Waals surface area contributed by atoms with E-state index in [1.54, 1.807) is 16.7 Å². The molecule has 37 heavy (non-hydrogen) atoms. The molecule has 5 nitrogen and oxygen atoms in total. The van der Waals surface area contributed by atoms with Crippen LogP contribution in [0.5, 0.6) is 0 Å². The number of fused-ring (bicyclic) bond motifs is 4. The zero-order valence-corrected chi connectivity index (χ0v) is 20.0. The molecule has 0 unspecified atom stereocenters. The molecule has 0 saturated heterocycles. The second-order valence-corrected chi connectivity index (χ2v) is 9.29. The van der Waals surface area contributed by atoms with Gasteiger partial charge in [-0.3, -0.25) is 9.36 Å². The Morgan fingerprint density at radius 2 is 1.19 bits per heavy atom. The number of para-hydroxylation sites is 3. The molecule has 0 saturated carbocycles. The van der Waals surface area contributed by atoms with E-state index in [4.69, 9.17) is 0 Å². The van der Waals surface area contributed by atoms with Crippen molar-refractivity contribution in [1.29, 1.82) is 0 Å². The second-order valence-electron chi connectivity index (χ2n) is 9.29. The van der Waals surface area contributed by atoms with Crippen molar-refractivity contribution in [2.24, 2.45) is 0 Å². The van der Waals surface area contributed by atoms with Gasteiger partial charge in [-0.25, -0.2) is 9.36 Å². The molecule has 2 aromatic heterocycles. The second kappa shape index (κ2) is 8.35. The van der Waals surface area contributed by atoms with E-state index in [9.17, 15) is 9.59 Å². The minimum absolute atomic E-state index is 0.318. The first-order valence-electron chi connectivity index (χ1n) is 12.4. The molecule has 0 amide bonds. The van der Waals surface area contributed by atoms with Gasteiger partial charge in [0, 0.05) is 22.2 Å². The lowest BCUT2D eigenvalue weighted by molar-refractivity contribution is 0.818. The van der Waals surface area contributed by atoms with Gasteiger partial charge >= 0.3 is 5.69 Å². The Morgan fingerprint density at radius 3 is 1.89 bits per heavy atom. The highest BCUT2D eigenvalue weighted by Gasteiger charge is 2.21. The van der Waals surface area contributed by atoms with E-state index in [-0.39, 0.29) is 11.2 Å². The summed E-state index contributed by atoms with van der Waals surface area (Å²) in [5, 5.41) is 2.59. The lowest BCUT2D eigenvalue weighted by Gasteiger charge is -2.18. The van der Waals surface area contributed by atoms with Crippen LogP contribution in [0.3, 0.4) is 0 Å². The summed E-state index contributed by atoms with van der Waals surface area (Å²) >= 11 is 0. The van der Waals surface area contributed by atoms with Gasteiger partial charge in [-0.05, 0) is 61.4 Å². The third kappa shape index (κ3) is 3.24. The largest absolute Gasteiger partial charge is 0.340 e. The van der Waals surface area contributed by atoms with Crippen molar-refractivity contribution in [1.82, 2.24) is 13.7 Å². The highest BCUT2D eigenvalue weighted by molar-refractivity contribution is 6.13. The maximum atomic E-state index is 14.0. The van der Waals surface area contributed by atoms with Gasteiger partial charge in [0.2, 0.25) is 0 Å². The molecule has 0 bridgehead atoms. The van der Waals surface area contributed by atoms with Gasteiger partial charge in [-0.1, -0.05) is 66.7 Å². The summed E-state index contributed by atoms with van der Waals surface area (Å²) in [4.78, 5) is 28.0. The Hall–Kier alpha value is -4.90. The summed E-state index contributed by atoms with van der Waals surface area (Å²) in [6, 6.07) is 31.5. The molecule has 2 heterocycles. The van der Waals surface area contributed by atoms with Crippen LogP contribution in [-0.2, 0) is 0 Å². The van der Waals surface area contributed by atoms with E-state index in [0.29, 0.717) is 16.6 Å². The highest BCUT2D eigenvalue weighted by Crippen LogP contribution is 2.34. The zero-order valence-electron chi connectivity index (χ0n) is 20.0. The first-order valence-corrected chi connectivity index (χ1v) is 12.4. The molecule has 1 aliphatic rings. The number of nitrogens with zero attached hydrogens (tertiary/aromatic N) is 3. The number of rotatable bonds is 3. The monoisotopic (exact) mass is 481 g/mol. The van der Waals surface area contributed by atoms with Crippen LogP contribution in [0.1, 0.15) is 12.8 Å². The maximum Gasteiger partial charge on any atom is 0.340 e. The van der Waals surface area contributed by atoms with Gasteiger partial charge < -0.3 is 4.57 Å². The minimum atomic E-state index is -0.351. The van der Waals surface area contributed by atoms with Crippen LogP contribution in [0.2, 0.25) is 0 Å². The first kappa shape index (κ1) is 21.4. The summed E-state index contributed by atoms with van der Waals surface area (Å²) in [5.41, 5.74) is 4.40. The number of hydrogen-bond donors (Lipinski definition) is 0. The van der Waals surface area contributed by atoms with Crippen molar-refractivity contribution in [2.45, 2.75) is 12.8 Å². The quantitative estimate of drug-likeness (QED) is 0.292. The van der Waals surface area contributed by atoms with Crippen LogP contribution in [0.25, 0.3) is 49.8 Å². The normalized spacial score (nSPS) is 13.5. The van der Waals surface area contributed by atoms with E-state index >= 15 is 0 Å². The van der Waals surface area contributed by atoms with E-state index in [1.165, 1.54) is 4.57 Å². The average molecular weight is 482 g/mol. The van der Waals surface area contributed by atoms with Gasteiger partial charge in [-0.15, -0.1) is 0 Å². The molecule has 0 atom stereocenters. The van der Waals surface area contributed by atoms with Crippen LogP contribution in [-0.4, -0.2) is 13.7 Å². The van der Waals surface area contributed by atoms with Gasteiger partial charge in [0.15, 0.2) is 0 Å². The zero-order chi connectivity index (χ0) is 24.9. The van der Waals surface area contributed by atoms with E-state index in [0.717, 1.165) is 46.0 Å². The molecule has 4 aromatic carbocycles. The Morgan fingerprint density at radius 1 is 0.568 bits per heavy atom. The van der Waals surface area contributed by atoms with Crippen molar-refractivity contribution in [3.63, 3.8) is 0 Å². The lowest BCUT2D eigenvalue weighted by atomic mass is 10.1. The van der Waals surface area contributed by atoms with Crippen molar-refractivity contribution < 1.29 is 0 Å². The van der Waals surface area contributed by atoms with Crippen LogP contribution in [0.15, 0.2) is 125 Å². The molecule has 178 valence electrons. The van der Waals surface area contributed by atoms with Crippen molar-refractivity contribution in [3.05, 3.63) is 136 Å². The number of allylic oxidation sites excluding steroid dienone is 4. The topological polar surface area (TPSA) is 48.9 Å². The fraction of sp³-hybridized carbons (Fsp3) is 0.0625. The molecule has 5 heteroatoms. The van der Waals surface area contributed by atoms with Crippen molar-refractivity contribution in [2.75, 3.05) is 0 Å². The van der Waals surface area contributed by atoms with Crippen LogP contribution >= 0.6 is 0 Å². The van der Waals surface area contributed by atoms with Crippen LogP contribution in [0, 0.1) is 0 Å². The molecular formula is C32H23N3O2. The molecule has 0 aliphatic heterocycles. The molecule has 0 spiro atoms. The van der Waals surface area contributed by atoms with Crippen LogP contribution < -0.4 is 11.2 Å². The fourth-order valence-electron chi connectivity index (χ4n) is 5.48. The predicted molar refractivity (Wildman–Crippen MR) is 151 cm³/mol. The summed E-state index contributed by atoms with van der Waals surface area (Å²) in [5.74, 6) is 0. The molecule has 1 aliphatic carbocycles. The van der Waals surface area contributed by atoms with E-state index in [2.05, 4.69) is 34.9 Å². The number of aromatic nitrogens is 3. The number of benzene rings is 4. The molecule has 0 N–H and O–H groups in total. The third-order valence-corrected chi connectivity index (χ3v) is 7.15. The SMILES string of the molecule is O=c1c2cc3c(cc2n(C2=CC=CCC2)c(=O)n1-c1ccccc1)c1ccccc1n3-c1ccccc1. The van der Waals surface area contributed by atoms with Gasteiger partial charge in [-0.2, -0.15) is 0 Å². The molecule has 7 rings (SSSR count). The average Bonchev–Trinajstić information content (AvgIpc) is 3.27. The maximum absolute atomic E-state index is 14.0. The smallest absolute Gasteiger partial charge is 0.309 e. The number of hydrogen-bond acceptors (Lipinski definition) is 2.